The molecule has 0 spiro atoms. The maximum atomic E-state index is 13.2. The SMILES string of the molecule is CCCn1c(C(=O)NC2CCN(c3ccc(C(F)(F)F)cn3)C2)cc2c(=O)n3ccccc3nc21. The van der Waals surface area contributed by atoms with Gasteiger partial charge in [-0.15, -0.1) is 0 Å². The molecule has 1 fully saturated rings. The van der Waals surface area contributed by atoms with Crippen LogP contribution in [0.15, 0.2) is 53.6 Å². The third kappa shape index (κ3) is 4.22. The van der Waals surface area contributed by atoms with Crippen molar-refractivity contribution in [2.24, 2.45) is 0 Å². The third-order valence-electron chi connectivity index (χ3n) is 6.18. The number of aromatic nitrogens is 4. The van der Waals surface area contributed by atoms with Crippen molar-refractivity contribution in [1.29, 1.82) is 0 Å². The van der Waals surface area contributed by atoms with Crippen LogP contribution in [-0.4, -0.2) is 44.0 Å². The van der Waals surface area contributed by atoms with Crippen LogP contribution < -0.4 is 15.8 Å². The van der Waals surface area contributed by atoms with E-state index in [1.165, 1.54) is 10.5 Å². The van der Waals surface area contributed by atoms with Gasteiger partial charge in [0.1, 0.15) is 22.8 Å². The summed E-state index contributed by atoms with van der Waals surface area (Å²) in [6.07, 6.45) is -0.611. The Morgan fingerprint density at radius 1 is 1.23 bits per heavy atom. The van der Waals surface area contributed by atoms with E-state index in [2.05, 4.69) is 15.3 Å². The van der Waals surface area contributed by atoms with Crippen LogP contribution in [0, 0.1) is 0 Å². The summed E-state index contributed by atoms with van der Waals surface area (Å²) in [5, 5.41) is 3.38. The maximum Gasteiger partial charge on any atom is 0.417 e. The number of carbonyl (C=O) groups is 1. The Morgan fingerprint density at radius 3 is 2.77 bits per heavy atom. The predicted octanol–water partition coefficient (Wildman–Crippen LogP) is 3.48. The summed E-state index contributed by atoms with van der Waals surface area (Å²) < 4.78 is 41.6. The van der Waals surface area contributed by atoms with Crippen molar-refractivity contribution in [2.75, 3.05) is 18.0 Å². The van der Waals surface area contributed by atoms with Crippen LogP contribution in [0.5, 0.6) is 0 Å². The van der Waals surface area contributed by atoms with E-state index >= 15 is 0 Å². The number of hydrogen-bond donors (Lipinski definition) is 1. The molecule has 11 heteroatoms. The van der Waals surface area contributed by atoms with Crippen molar-refractivity contribution in [3.63, 3.8) is 0 Å². The topological polar surface area (TPSA) is 84.5 Å². The maximum absolute atomic E-state index is 13.2. The van der Waals surface area contributed by atoms with Crippen LogP contribution in [0.4, 0.5) is 19.0 Å². The molecule has 1 amide bonds. The van der Waals surface area contributed by atoms with Gasteiger partial charge in [0, 0.05) is 38.1 Å². The molecule has 1 N–H and O–H groups in total. The zero-order chi connectivity index (χ0) is 24.7. The highest BCUT2D eigenvalue weighted by molar-refractivity contribution is 5.98. The Balaban J connectivity index is 1.38. The Hall–Kier alpha value is -3.89. The van der Waals surface area contributed by atoms with Crippen LogP contribution in [0.1, 0.15) is 35.8 Å². The molecule has 1 unspecified atom stereocenters. The van der Waals surface area contributed by atoms with Gasteiger partial charge in [-0.3, -0.25) is 14.0 Å². The van der Waals surface area contributed by atoms with Crippen molar-refractivity contribution >= 4 is 28.4 Å². The van der Waals surface area contributed by atoms with E-state index in [0.717, 1.165) is 18.7 Å². The second kappa shape index (κ2) is 8.71. The summed E-state index contributed by atoms with van der Waals surface area (Å²) in [5.41, 5.74) is 0.285. The first-order valence-corrected chi connectivity index (χ1v) is 11.4. The predicted molar refractivity (Wildman–Crippen MR) is 125 cm³/mol. The van der Waals surface area contributed by atoms with E-state index in [9.17, 15) is 22.8 Å². The fourth-order valence-electron chi connectivity index (χ4n) is 4.48. The molecule has 35 heavy (non-hydrogen) atoms. The number of fused-ring (bicyclic) bond motifs is 2. The van der Waals surface area contributed by atoms with Gasteiger partial charge in [-0.25, -0.2) is 9.97 Å². The lowest BCUT2D eigenvalue weighted by Crippen LogP contribution is -2.38. The fraction of sp³-hybridized carbons (Fsp3) is 0.333. The molecule has 182 valence electrons. The van der Waals surface area contributed by atoms with Crippen molar-refractivity contribution in [3.05, 3.63) is 70.4 Å². The first-order chi connectivity index (χ1) is 16.8. The summed E-state index contributed by atoms with van der Waals surface area (Å²) in [5.74, 6) is 0.107. The lowest BCUT2D eigenvalue weighted by atomic mass is 10.2. The molecule has 1 atom stereocenters. The zero-order valence-corrected chi connectivity index (χ0v) is 18.9. The lowest BCUT2D eigenvalue weighted by molar-refractivity contribution is -0.137. The highest BCUT2D eigenvalue weighted by Crippen LogP contribution is 2.30. The Morgan fingerprint density at radius 2 is 2.06 bits per heavy atom. The van der Waals surface area contributed by atoms with Gasteiger partial charge in [-0.05, 0) is 43.2 Å². The Kier molecular flexibility index (Phi) is 5.70. The minimum Gasteiger partial charge on any atom is -0.354 e. The summed E-state index contributed by atoms with van der Waals surface area (Å²) in [6, 6.07) is 9.00. The average molecular weight is 484 g/mol. The van der Waals surface area contributed by atoms with Crippen LogP contribution in [0.2, 0.25) is 0 Å². The number of carbonyl (C=O) groups excluding carboxylic acids is 1. The van der Waals surface area contributed by atoms with Gasteiger partial charge in [0.2, 0.25) is 0 Å². The standard InChI is InChI=1S/C24H23F3N6O2/c1-2-9-32-18(12-17-21(32)30-20-5-3-4-10-33(20)23(17)35)22(34)29-16-8-11-31(14-16)19-7-6-15(13-28-19)24(25,26)27/h3-7,10,12-13,16H,2,8-9,11,14H2,1H3,(H,29,34). The molecule has 0 bridgehead atoms. The van der Waals surface area contributed by atoms with E-state index < -0.39 is 11.7 Å². The van der Waals surface area contributed by atoms with E-state index in [1.807, 2.05) is 11.8 Å². The number of alkyl halides is 3. The summed E-state index contributed by atoms with van der Waals surface area (Å²) in [6.45, 7) is 3.47. The van der Waals surface area contributed by atoms with Crippen molar-refractivity contribution < 1.29 is 18.0 Å². The monoisotopic (exact) mass is 484 g/mol. The Bertz CT molecular complexity index is 1460. The van der Waals surface area contributed by atoms with Crippen LogP contribution in [0.25, 0.3) is 16.7 Å². The van der Waals surface area contributed by atoms with Crippen LogP contribution in [-0.2, 0) is 12.7 Å². The zero-order valence-electron chi connectivity index (χ0n) is 18.9. The number of rotatable bonds is 5. The van der Waals surface area contributed by atoms with Gasteiger partial charge in [0.15, 0.2) is 0 Å². The molecule has 1 aliphatic heterocycles. The van der Waals surface area contributed by atoms with Gasteiger partial charge < -0.3 is 14.8 Å². The molecule has 8 nitrogen and oxygen atoms in total. The van der Waals surface area contributed by atoms with E-state index in [4.69, 9.17) is 0 Å². The smallest absolute Gasteiger partial charge is 0.354 e. The molecule has 4 aromatic heterocycles. The fourth-order valence-corrected chi connectivity index (χ4v) is 4.48. The molecule has 0 aromatic carbocycles. The van der Waals surface area contributed by atoms with E-state index in [-0.39, 0.29) is 17.5 Å². The number of aryl methyl sites for hydroxylation is 1. The number of halogens is 3. The second-order valence-electron chi connectivity index (χ2n) is 8.57. The number of nitrogens with zero attached hydrogens (tertiary/aromatic N) is 5. The first-order valence-electron chi connectivity index (χ1n) is 11.4. The van der Waals surface area contributed by atoms with E-state index in [0.29, 0.717) is 54.2 Å². The van der Waals surface area contributed by atoms with E-state index in [1.54, 1.807) is 35.0 Å². The number of anilines is 1. The number of amides is 1. The Labute approximate surface area is 198 Å². The minimum atomic E-state index is -4.44. The van der Waals surface area contributed by atoms with Crippen molar-refractivity contribution in [3.8, 4) is 0 Å². The molecule has 1 aliphatic rings. The largest absolute Gasteiger partial charge is 0.417 e. The van der Waals surface area contributed by atoms with Gasteiger partial charge in [-0.2, -0.15) is 13.2 Å². The van der Waals surface area contributed by atoms with Gasteiger partial charge in [-0.1, -0.05) is 13.0 Å². The first kappa shape index (κ1) is 22.9. The van der Waals surface area contributed by atoms with Crippen LogP contribution >= 0.6 is 0 Å². The highest BCUT2D eigenvalue weighted by Gasteiger charge is 2.32. The van der Waals surface area contributed by atoms with Crippen molar-refractivity contribution in [1.82, 2.24) is 24.3 Å². The molecular weight excluding hydrogens is 461 g/mol. The number of pyridine rings is 2. The molecule has 0 saturated carbocycles. The molecule has 5 heterocycles. The normalized spacial score (nSPS) is 16.3. The average Bonchev–Trinajstić information content (AvgIpc) is 3.44. The highest BCUT2D eigenvalue weighted by atomic mass is 19.4. The van der Waals surface area contributed by atoms with Gasteiger partial charge in [0.25, 0.3) is 11.5 Å². The lowest BCUT2D eigenvalue weighted by Gasteiger charge is -2.19. The molecule has 0 aliphatic carbocycles. The molecule has 0 radical (unpaired) electrons. The van der Waals surface area contributed by atoms with Gasteiger partial charge in [0.05, 0.1) is 10.9 Å². The number of hydrogen-bond acceptors (Lipinski definition) is 5. The third-order valence-corrected chi connectivity index (χ3v) is 6.18. The summed E-state index contributed by atoms with van der Waals surface area (Å²) in [7, 11) is 0. The van der Waals surface area contributed by atoms with Crippen molar-refractivity contribution in [2.45, 2.75) is 38.5 Å². The minimum absolute atomic E-state index is 0.215. The van der Waals surface area contributed by atoms with Gasteiger partial charge >= 0.3 is 6.18 Å². The quantitative estimate of drug-likeness (QED) is 0.469. The number of nitrogens with one attached hydrogen (secondary N) is 1. The summed E-state index contributed by atoms with van der Waals surface area (Å²) in [4.78, 5) is 36.7. The molecule has 1 saturated heterocycles. The second-order valence-corrected chi connectivity index (χ2v) is 8.57. The summed E-state index contributed by atoms with van der Waals surface area (Å²) >= 11 is 0. The van der Waals surface area contributed by atoms with Crippen LogP contribution in [0.3, 0.4) is 0 Å². The molecular formula is C24H23F3N6O2. The molecule has 5 rings (SSSR count). The molecule has 4 aromatic rings.